The van der Waals surface area contributed by atoms with Crippen molar-refractivity contribution in [2.75, 3.05) is 4.90 Å². The van der Waals surface area contributed by atoms with E-state index in [1.807, 2.05) is 0 Å². The van der Waals surface area contributed by atoms with E-state index in [4.69, 9.17) is 0 Å². The number of rotatable bonds is 7. The number of hydrogen-bond donors (Lipinski definition) is 0. The SMILES string of the molecule is c1ccc(N(c2ccccc2)c2ccc(-n3c4ccccc4c4cc(-c5ccc6c(c5)c5ccccc5n6-c5ccc(-c6cnccn6)cc5)ccc43)cc2)cc1. The molecule has 0 aliphatic carbocycles. The fourth-order valence-electron chi connectivity index (χ4n) is 8.44. The van der Waals surface area contributed by atoms with Gasteiger partial charge in [0.2, 0.25) is 0 Å². The number of nitrogens with zero attached hydrogens (tertiary/aromatic N) is 5. The molecule has 11 aromatic rings. The van der Waals surface area contributed by atoms with Crippen LogP contribution in [0.2, 0.25) is 0 Å². The molecular formula is C52H35N5. The summed E-state index contributed by atoms with van der Waals surface area (Å²) in [5.41, 5.74) is 14.6. The predicted octanol–water partition coefficient (Wildman–Crippen LogP) is 13.5. The Balaban J connectivity index is 0.994. The summed E-state index contributed by atoms with van der Waals surface area (Å²) < 4.78 is 4.75. The zero-order chi connectivity index (χ0) is 37.7. The van der Waals surface area contributed by atoms with Crippen LogP contribution in [0.25, 0.3) is 77.4 Å². The van der Waals surface area contributed by atoms with Crippen LogP contribution >= 0.6 is 0 Å². The van der Waals surface area contributed by atoms with Gasteiger partial charge in [0.05, 0.1) is 34.0 Å². The van der Waals surface area contributed by atoms with Gasteiger partial charge in [0.1, 0.15) is 0 Å². The van der Waals surface area contributed by atoms with Crippen LogP contribution in [-0.4, -0.2) is 19.1 Å². The number of para-hydroxylation sites is 4. The van der Waals surface area contributed by atoms with Crippen LogP contribution < -0.4 is 4.90 Å². The van der Waals surface area contributed by atoms with Gasteiger partial charge in [-0.15, -0.1) is 0 Å². The topological polar surface area (TPSA) is 38.9 Å². The quantitative estimate of drug-likeness (QED) is 0.164. The molecule has 3 aromatic heterocycles. The van der Waals surface area contributed by atoms with Crippen molar-refractivity contribution in [3.8, 4) is 33.8 Å². The second-order valence-electron chi connectivity index (χ2n) is 14.3. The van der Waals surface area contributed by atoms with Crippen LogP contribution in [-0.2, 0) is 0 Å². The molecular weight excluding hydrogens is 695 g/mol. The minimum Gasteiger partial charge on any atom is -0.311 e. The van der Waals surface area contributed by atoms with E-state index in [0.29, 0.717) is 0 Å². The molecule has 8 aromatic carbocycles. The molecule has 0 atom stereocenters. The van der Waals surface area contributed by atoms with Gasteiger partial charge < -0.3 is 14.0 Å². The fraction of sp³-hybridized carbons (Fsp3) is 0. The fourth-order valence-corrected chi connectivity index (χ4v) is 8.44. The van der Waals surface area contributed by atoms with Crippen LogP contribution in [0.3, 0.4) is 0 Å². The Kier molecular flexibility index (Phi) is 7.74. The molecule has 0 saturated carbocycles. The third kappa shape index (κ3) is 5.56. The maximum atomic E-state index is 4.49. The highest BCUT2D eigenvalue weighted by Crippen LogP contribution is 2.40. The number of anilines is 3. The molecule has 0 fully saturated rings. The van der Waals surface area contributed by atoms with Gasteiger partial charge in [-0.2, -0.15) is 0 Å². The van der Waals surface area contributed by atoms with Crippen molar-refractivity contribution in [2.24, 2.45) is 0 Å². The molecule has 5 nitrogen and oxygen atoms in total. The highest BCUT2D eigenvalue weighted by molar-refractivity contribution is 6.12. The van der Waals surface area contributed by atoms with Gasteiger partial charge in [-0.05, 0) is 108 Å². The molecule has 268 valence electrons. The van der Waals surface area contributed by atoms with Gasteiger partial charge in [0.25, 0.3) is 0 Å². The summed E-state index contributed by atoms with van der Waals surface area (Å²) in [5.74, 6) is 0. The first-order valence-corrected chi connectivity index (χ1v) is 19.2. The third-order valence-corrected chi connectivity index (χ3v) is 11.1. The maximum absolute atomic E-state index is 4.49. The van der Waals surface area contributed by atoms with E-state index in [2.05, 4.69) is 218 Å². The van der Waals surface area contributed by atoms with E-state index in [9.17, 15) is 0 Å². The summed E-state index contributed by atoms with van der Waals surface area (Å²) >= 11 is 0. The Labute approximate surface area is 330 Å². The molecule has 0 aliphatic heterocycles. The number of aromatic nitrogens is 4. The van der Waals surface area contributed by atoms with E-state index in [1.54, 1.807) is 18.6 Å². The van der Waals surface area contributed by atoms with Gasteiger partial charge in [0, 0.05) is 67.9 Å². The van der Waals surface area contributed by atoms with E-state index in [0.717, 1.165) is 39.7 Å². The summed E-state index contributed by atoms with van der Waals surface area (Å²) in [6, 6.07) is 69.8. The average molecular weight is 730 g/mol. The van der Waals surface area contributed by atoms with Crippen molar-refractivity contribution < 1.29 is 0 Å². The lowest BCUT2D eigenvalue weighted by atomic mass is 10.0. The summed E-state index contributed by atoms with van der Waals surface area (Å²) in [6.07, 6.45) is 5.23. The summed E-state index contributed by atoms with van der Waals surface area (Å²) in [5, 5.41) is 4.92. The Morgan fingerprint density at radius 2 is 0.789 bits per heavy atom. The zero-order valence-corrected chi connectivity index (χ0v) is 30.9. The monoisotopic (exact) mass is 729 g/mol. The standard InChI is InChI=1S/C52H35N5/c1-3-11-39(12-4-1)55(40-13-5-2-6-14-40)41-25-27-43(28-26-41)57-50-18-10-8-16-45(50)47-34-38(22-30-52(47)57)37-21-29-51-46(33-37)44-15-7-9-17-49(44)56(51)42-23-19-36(20-24-42)48-35-53-31-32-54-48/h1-35H. The second-order valence-corrected chi connectivity index (χ2v) is 14.3. The van der Waals surface area contributed by atoms with Crippen LogP contribution in [0.4, 0.5) is 17.1 Å². The van der Waals surface area contributed by atoms with E-state index in [1.165, 1.54) is 54.7 Å². The molecule has 3 heterocycles. The predicted molar refractivity (Wildman–Crippen MR) is 236 cm³/mol. The van der Waals surface area contributed by atoms with E-state index >= 15 is 0 Å². The molecule has 0 aliphatic rings. The molecule has 11 rings (SSSR count). The molecule has 0 amide bonds. The molecule has 0 unspecified atom stereocenters. The highest BCUT2D eigenvalue weighted by atomic mass is 15.1. The van der Waals surface area contributed by atoms with Crippen molar-refractivity contribution in [2.45, 2.75) is 0 Å². The summed E-state index contributed by atoms with van der Waals surface area (Å²) in [7, 11) is 0. The van der Waals surface area contributed by atoms with Crippen molar-refractivity contribution in [1.29, 1.82) is 0 Å². The second kappa shape index (κ2) is 13.5. The van der Waals surface area contributed by atoms with Crippen LogP contribution in [0.1, 0.15) is 0 Å². The van der Waals surface area contributed by atoms with Crippen molar-refractivity contribution in [3.63, 3.8) is 0 Å². The number of benzene rings is 8. The minimum atomic E-state index is 0.864. The minimum absolute atomic E-state index is 0.864. The lowest BCUT2D eigenvalue weighted by molar-refractivity contribution is 1.17. The molecule has 0 saturated heterocycles. The molecule has 57 heavy (non-hydrogen) atoms. The molecule has 5 heteroatoms. The highest BCUT2D eigenvalue weighted by Gasteiger charge is 2.17. The molecule has 0 radical (unpaired) electrons. The van der Waals surface area contributed by atoms with Gasteiger partial charge >= 0.3 is 0 Å². The lowest BCUT2D eigenvalue weighted by Crippen LogP contribution is -2.09. The van der Waals surface area contributed by atoms with Gasteiger partial charge in [-0.1, -0.05) is 97.1 Å². The largest absolute Gasteiger partial charge is 0.311 e. The first-order valence-electron chi connectivity index (χ1n) is 19.2. The first-order chi connectivity index (χ1) is 28.3. The van der Waals surface area contributed by atoms with Crippen LogP contribution in [0.5, 0.6) is 0 Å². The summed E-state index contributed by atoms with van der Waals surface area (Å²) in [4.78, 5) is 11.0. The average Bonchev–Trinajstić information content (AvgIpc) is 3.80. The van der Waals surface area contributed by atoms with Crippen LogP contribution in [0.15, 0.2) is 213 Å². The normalized spacial score (nSPS) is 11.5. The van der Waals surface area contributed by atoms with E-state index < -0.39 is 0 Å². The third-order valence-electron chi connectivity index (χ3n) is 11.1. The Morgan fingerprint density at radius 1 is 0.351 bits per heavy atom. The van der Waals surface area contributed by atoms with Crippen LogP contribution in [0, 0.1) is 0 Å². The Morgan fingerprint density at radius 3 is 1.30 bits per heavy atom. The van der Waals surface area contributed by atoms with Gasteiger partial charge in [0.15, 0.2) is 0 Å². The first kappa shape index (κ1) is 32.7. The Hall–Kier alpha value is -7.76. The molecule has 0 N–H and O–H groups in total. The maximum Gasteiger partial charge on any atom is 0.0885 e. The Bertz CT molecular complexity index is 3160. The van der Waals surface area contributed by atoms with Gasteiger partial charge in [-0.25, -0.2) is 0 Å². The lowest BCUT2D eigenvalue weighted by Gasteiger charge is -2.25. The number of hydrogen-bond acceptors (Lipinski definition) is 3. The number of fused-ring (bicyclic) bond motifs is 6. The van der Waals surface area contributed by atoms with E-state index in [-0.39, 0.29) is 0 Å². The summed E-state index contributed by atoms with van der Waals surface area (Å²) in [6.45, 7) is 0. The molecule has 0 bridgehead atoms. The smallest absolute Gasteiger partial charge is 0.0885 e. The van der Waals surface area contributed by atoms with Gasteiger partial charge in [-0.3, -0.25) is 9.97 Å². The van der Waals surface area contributed by atoms with Crippen molar-refractivity contribution >= 4 is 60.7 Å². The van der Waals surface area contributed by atoms with Crippen molar-refractivity contribution in [1.82, 2.24) is 19.1 Å². The zero-order valence-electron chi connectivity index (χ0n) is 30.9. The molecule has 0 spiro atoms. The van der Waals surface area contributed by atoms with Crippen molar-refractivity contribution in [3.05, 3.63) is 213 Å².